The molecule has 0 radical (unpaired) electrons. The zero-order valence-corrected chi connectivity index (χ0v) is 14.2. The molecule has 0 unspecified atom stereocenters. The fourth-order valence-corrected chi connectivity index (χ4v) is 3.33. The number of nitrogens with zero attached hydrogens (tertiary/aromatic N) is 5. The number of fused-ring (bicyclic) bond motifs is 1. The third-order valence-electron chi connectivity index (χ3n) is 4.58. The molecule has 1 aromatic heterocycles. The van der Waals surface area contributed by atoms with Gasteiger partial charge < -0.3 is 9.80 Å². The van der Waals surface area contributed by atoms with Crippen molar-refractivity contribution in [2.45, 2.75) is 12.7 Å². The molecule has 0 fully saturated rings. The van der Waals surface area contributed by atoms with E-state index in [9.17, 15) is 4.79 Å². The van der Waals surface area contributed by atoms with E-state index in [-0.39, 0.29) is 12.1 Å². The van der Waals surface area contributed by atoms with Crippen LogP contribution in [0.3, 0.4) is 0 Å². The number of hydrogen-bond donors (Lipinski definition) is 0. The van der Waals surface area contributed by atoms with Crippen LogP contribution in [0.25, 0.3) is 0 Å². The Bertz CT molecular complexity index is 905. The lowest BCUT2D eigenvalue weighted by Crippen LogP contribution is -2.45. The van der Waals surface area contributed by atoms with Crippen LogP contribution in [-0.4, -0.2) is 39.9 Å². The Kier molecular flexibility index (Phi) is 3.72. The van der Waals surface area contributed by atoms with Gasteiger partial charge in [0.05, 0.1) is 24.0 Å². The average molecular weight is 333 g/mol. The van der Waals surface area contributed by atoms with E-state index in [4.69, 9.17) is 0 Å². The first-order chi connectivity index (χ1) is 12.1. The molecule has 1 aliphatic rings. The van der Waals surface area contributed by atoms with Gasteiger partial charge >= 0.3 is 0 Å². The summed E-state index contributed by atoms with van der Waals surface area (Å²) in [4.78, 5) is 16.5. The van der Waals surface area contributed by atoms with Gasteiger partial charge in [0.25, 0.3) is 5.91 Å². The van der Waals surface area contributed by atoms with Crippen molar-refractivity contribution in [1.82, 2.24) is 19.9 Å². The highest BCUT2D eigenvalue weighted by Crippen LogP contribution is 2.35. The summed E-state index contributed by atoms with van der Waals surface area (Å²) in [6.07, 6.45) is 1.64. The van der Waals surface area contributed by atoms with Gasteiger partial charge in [-0.15, -0.1) is 5.10 Å². The molecule has 25 heavy (non-hydrogen) atoms. The largest absolute Gasteiger partial charge is 0.348 e. The van der Waals surface area contributed by atoms with Crippen molar-refractivity contribution < 1.29 is 4.79 Å². The minimum absolute atomic E-state index is 0.00342. The lowest BCUT2D eigenvalue weighted by atomic mass is 10.1. The molecule has 0 bridgehead atoms. The van der Waals surface area contributed by atoms with Crippen LogP contribution in [0.1, 0.15) is 27.8 Å². The van der Waals surface area contributed by atoms with Crippen molar-refractivity contribution in [2.75, 3.05) is 19.0 Å². The van der Waals surface area contributed by atoms with Crippen LogP contribution in [0.2, 0.25) is 0 Å². The second-order valence-corrected chi connectivity index (χ2v) is 6.24. The molecule has 2 heterocycles. The predicted molar refractivity (Wildman–Crippen MR) is 95.2 cm³/mol. The minimum Gasteiger partial charge on any atom is -0.348 e. The number of carbonyl (C=O) groups excluding carboxylic acids is 1. The van der Waals surface area contributed by atoms with E-state index < -0.39 is 0 Å². The van der Waals surface area contributed by atoms with Crippen LogP contribution < -0.4 is 4.90 Å². The minimum atomic E-state index is -0.271. The molecule has 0 spiro atoms. The lowest BCUT2D eigenvalue weighted by molar-refractivity contribution is 0.0707. The Hall–Kier alpha value is -3.15. The van der Waals surface area contributed by atoms with Crippen molar-refractivity contribution in [3.63, 3.8) is 0 Å². The maximum atomic E-state index is 12.7. The van der Waals surface area contributed by atoms with Gasteiger partial charge in [-0.2, -0.15) is 0 Å². The fourth-order valence-electron chi connectivity index (χ4n) is 3.33. The number of rotatable bonds is 3. The Morgan fingerprint density at radius 3 is 2.48 bits per heavy atom. The third kappa shape index (κ3) is 2.65. The smallest absolute Gasteiger partial charge is 0.257 e. The molecule has 3 aromatic rings. The summed E-state index contributed by atoms with van der Waals surface area (Å²) >= 11 is 0. The molecule has 0 saturated carbocycles. The number of aromatic nitrogens is 3. The molecule has 0 saturated heterocycles. The SMILES string of the molecule is CN1C(=O)c2ccccc2N(C)[C@@H]1c1cn(Cc2ccccc2)nn1. The summed E-state index contributed by atoms with van der Waals surface area (Å²) in [5, 5.41) is 8.56. The van der Waals surface area contributed by atoms with E-state index in [2.05, 4.69) is 27.3 Å². The summed E-state index contributed by atoms with van der Waals surface area (Å²) in [7, 11) is 3.78. The van der Waals surface area contributed by atoms with Gasteiger partial charge in [-0.05, 0) is 17.7 Å². The van der Waals surface area contributed by atoms with Crippen LogP contribution in [0.15, 0.2) is 60.8 Å². The zero-order chi connectivity index (χ0) is 17.4. The first-order valence-electron chi connectivity index (χ1n) is 8.18. The van der Waals surface area contributed by atoms with E-state index in [1.807, 2.05) is 55.7 Å². The maximum Gasteiger partial charge on any atom is 0.257 e. The van der Waals surface area contributed by atoms with Gasteiger partial charge in [-0.25, -0.2) is 4.68 Å². The van der Waals surface area contributed by atoms with E-state index in [1.165, 1.54) is 0 Å². The molecule has 0 N–H and O–H groups in total. The van der Waals surface area contributed by atoms with Crippen LogP contribution in [0.4, 0.5) is 5.69 Å². The van der Waals surface area contributed by atoms with Crippen LogP contribution in [-0.2, 0) is 6.54 Å². The Morgan fingerprint density at radius 2 is 1.68 bits per heavy atom. The first-order valence-corrected chi connectivity index (χ1v) is 8.18. The average Bonchev–Trinajstić information content (AvgIpc) is 3.09. The Morgan fingerprint density at radius 1 is 0.960 bits per heavy atom. The van der Waals surface area contributed by atoms with Crippen molar-refractivity contribution in [1.29, 1.82) is 0 Å². The highest BCUT2D eigenvalue weighted by Gasteiger charge is 2.35. The lowest BCUT2D eigenvalue weighted by Gasteiger charge is -2.40. The van der Waals surface area contributed by atoms with Crippen LogP contribution in [0, 0.1) is 0 Å². The van der Waals surface area contributed by atoms with Crippen molar-refractivity contribution in [3.8, 4) is 0 Å². The number of amides is 1. The Labute approximate surface area is 146 Å². The summed E-state index contributed by atoms with van der Waals surface area (Å²) in [6, 6.07) is 17.8. The van der Waals surface area contributed by atoms with Crippen molar-refractivity contribution >= 4 is 11.6 Å². The van der Waals surface area contributed by atoms with Gasteiger partial charge in [-0.1, -0.05) is 47.7 Å². The van der Waals surface area contributed by atoms with Gasteiger partial charge in [0, 0.05) is 14.1 Å². The molecule has 1 aliphatic heterocycles. The number of anilines is 1. The van der Waals surface area contributed by atoms with Crippen LogP contribution in [0.5, 0.6) is 0 Å². The number of benzene rings is 2. The zero-order valence-electron chi connectivity index (χ0n) is 14.2. The summed E-state index contributed by atoms with van der Waals surface area (Å²) in [5.74, 6) is -0.00342. The molecule has 2 aromatic carbocycles. The van der Waals surface area contributed by atoms with Crippen LogP contribution >= 0.6 is 0 Å². The maximum absolute atomic E-state index is 12.7. The van der Waals surface area contributed by atoms with Crippen molar-refractivity contribution in [3.05, 3.63) is 77.6 Å². The molecule has 1 amide bonds. The van der Waals surface area contributed by atoms with E-state index in [0.29, 0.717) is 12.1 Å². The molecular weight excluding hydrogens is 314 g/mol. The summed E-state index contributed by atoms with van der Waals surface area (Å²) in [5.41, 5.74) is 3.53. The topological polar surface area (TPSA) is 54.3 Å². The van der Waals surface area contributed by atoms with Gasteiger partial charge in [0.15, 0.2) is 6.17 Å². The third-order valence-corrected chi connectivity index (χ3v) is 4.58. The molecule has 4 rings (SSSR count). The second-order valence-electron chi connectivity index (χ2n) is 6.24. The second kappa shape index (κ2) is 6.05. The normalized spacial score (nSPS) is 16.9. The molecule has 126 valence electrons. The standard InChI is InChI=1S/C19H19N5O/c1-22-17-11-7-6-10-15(17)19(25)23(2)18(22)16-13-24(21-20-16)12-14-8-4-3-5-9-14/h3-11,13,18H,12H2,1-2H3/t18-/m0/s1. The Balaban J connectivity index is 1.65. The quantitative estimate of drug-likeness (QED) is 0.739. The molecule has 6 nitrogen and oxygen atoms in total. The molecule has 6 heteroatoms. The molecular formula is C19H19N5O. The van der Waals surface area contributed by atoms with Gasteiger partial charge in [0.1, 0.15) is 5.69 Å². The monoisotopic (exact) mass is 333 g/mol. The number of carbonyl (C=O) groups is 1. The van der Waals surface area contributed by atoms with Gasteiger partial charge in [-0.3, -0.25) is 4.79 Å². The van der Waals surface area contributed by atoms with Crippen molar-refractivity contribution in [2.24, 2.45) is 0 Å². The summed E-state index contributed by atoms with van der Waals surface area (Å²) < 4.78 is 1.80. The fraction of sp³-hybridized carbons (Fsp3) is 0.211. The van der Waals surface area contributed by atoms with E-state index in [1.54, 1.807) is 16.6 Å². The molecule has 0 aliphatic carbocycles. The highest BCUT2D eigenvalue weighted by atomic mass is 16.2. The van der Waals surface area contributed by atoms with Gasteiger partial charge in [0.2, 0.25) is 0 Å². The predicted octanol–water partition coefficient (Wildman–Crippen LogP) is 2.55. The molecule has 1 atom stereocenters. The van der Waals surface area contributed by atoms with E-state index >= 15 is 0 Å². The van der Waals surface area contributed by atoms with E-state index in [0.717, 1.165) is 16.9 Å². The highest BCUT2D eigenvalue weighted by molar-refractivity contribution is 6.01. The summed E-state index contributed by atoms with van der Waals surface area (Å²) in [6.45, 7) is 0.651. The first kappa shape index (κ1) is 15.4. The number of hydrogen-bond acceptors (Lipinski definition) is 4. The number of para-hydroxylation sites is 1.